The van der Waals surface area contributed by atoms with Crippen LogP contribution < -0.4 is 9.64 Å². The summed E-state index contributed by atoms with van der Waals surface area (Å²) in [4.78, 5) is 25.3. The van der Waals surface area contributed by atoms with Crippen LogP contribution in [0, 0.1) is 29.0 Å². The van der Waals surface area contributed by atoms with Gasteiger partial charge in [-0.3, -0.25) is 4.79 Å². The van der Waals surface area contributed by atoms with Crippen molar-refractivity contribution in [2.45, 2.75) is 33.1 Å². The van der Waals surface area contributed by atoms with Crippen molar-refractivity contribution in [3.63, 3.8) is 0 Å². The fourth-order valence-electron chi connectivity index (χ4n) is 4.49. The zero-order valence-electron chi connectivity index (χ0n) is 22.5. The number of rotatable bonds is 5. The van der Waals surface area contributed by atoms with Gasteiger partial charge in [0, 0.05) is 55.3 Å². The highest BCUT2D eigenvalue weighted by atomic mass is 35.5. The van der Waals surface area contributed by atoms with E-state index in [1.165, 1.54) is 12.1 Å². The van der Waals surface area contributed by atoms with Gasteiger partial charge in [0.2, 0.25) is 11.8 Å². The molecular formula is C30H35ClFN5O2. The SMILES string of the molecule is CC.Clc1ccccc1.N#Cc1ccc(N2CCC(C(=O)N3CCC(COc4ccc(F)cn4)C3)CC2)nc1. The van der Waals surface area contributed by atoms with Gasteiger partial charge in [0.25, 0.3) is 0 Å². The van der Waals surface area contributed by atoms with E-state index in [-0.39, 0.29) is 23.6 Å². The molecule has 3 aromatic rings. The number of carbonyl (C=O) groups excluding carboxylic acids is 1. The Kier molecular flexibility index (Phi) is 12.0. The average Bonchev–Trinajstić information content (AvgIpc) is 3.48. The Labute approximate surface area is 235 Å². The van der Waals surface area contributed by atoms with Gasteiger partial charge in [-0.05, 0) is 49.6 Å². The lowest BCUT2D eigenvalue weighted by atomic mass is 9.95. The third-order valence-electron chi connectivity index (χ3n) is 6.54. The number of nitrogens with zero attached hydrogens (tertiary/aromatic N) is 5. The topological polar surface area (TPSA) is 82.4 Å². The van der Waals surface area contributed by atoms with Crippen LogP contribution in [-0.4, -0.2) is 53.6 Å². The number of likely N-dealkylation sites (tertiary alicyclic amines) is 1. The van der Waals surface area contributed by atoms with Crippen molar-refractivity contribution in [2.75, 3.05) is 37.7 Å². The van der Waals surface area contributed by atoms with Gasteiger partial charge in [-0.15, -0.1) is 0 Å². The lowest BCUT2D eigenvalue weighted by Gasteiger charge is -2.33. The van der Waals surface area contributed by atoms with Crippen molar-refractivity contribution >= 4 is 23.3 Å². The van der Waals surface area contributed by atoms with Crippen LogP contribution in [0.25, 0.3) is 0 Å². The van der Waals surface area contributed by atoms with E-state index in [9.17, 15) is 9.18 Å². The minimum Gasteiger partial charge on any atom is -0.477 e. The number of nitriles is 1. The minimum absolute atomic E-state index is 0.0399. The van der Waals surface area contributed by atoms with Crippen LogP contribution in [0.15, 0.2) is 67.0 Å². The van der Waals surface area contributed by atoms with E-state index >= 15 is 0 Å². The number of halogens is 2. The molecule has 7 nitrogen and oxygen atoms in total. The first kappa shape index (κ1) is 29.9. The number of pyridine rings is 2. The Bertz CT molecular complexity index is 1180. The summed E-state index contributed by atoms with van der Waals surface area (Å²) < 4.78 is 18.6. The van der Waals surface area contributed by atoms with E-state index in [0.717, 1.165) is 55.9 Å². The number of piperidine rings is 1. The van der Waals surface area contributed by atoms with E-state index in [4.69, 9.17) is 21.6 Å². The van der Waals surface area contributed by atoms with Crippen LogP contribution in [0.4, 0.5) is 10.2 Å². The molecule has 1 amide bonds. The highest BCUT2D eigenvalue weighted by Gasteiger charge is 2.33. The predicted octanol–water partition coefficient (Wildman–Crippen LogP) is 6.00. The molecule has 1 aromatic carbocycles. The summed E-state index contributed by atoms with van der Waals surface area (Å²) in [5, 5.41) is 9.68. The molecule has 5 rings (SSSR count). The molecule has 2 fully saturated rings. The number of ether oxygens (including phenoxy) is 1. The van der Waals surface area contributed by atoms with Gasteiger partial charge < -0.3 is 14.5 Å². The summed E-state index contributed by atoms with van der Waals surface area (Å²) >= 11 is 5.54. The lowest BCUT2D eigenvalue weighted by molar-refractivity contribution is -0.135. The van der Waals surface area contributed by atoms with Crippen molar-refractivity contribution < 1.29 is 13.9 Å². The Hall–Kier alpha value is -3.70. The monoisotopic (exact) mass is 551 g/mol. The van der Waals surface area contributed by atoms with Gasteiger partial charge in [0.1, 0.15) is 17.7 Å². The molecule has 2 aliphatic rings. The molecule has 39 heavy (non-hydrogen) atoms. The molecule has 2 aliphatic heterocycles. The number of anilines is 1. The molecule has 0 saturated carbocycles. The molecule has 1 unspecified atom stereocenters. The molecule has 0 spiro atoms. The van der Waals surface area contributed by atoms with Crippen LogP contribution >= 0.6 is 11.6 Å². The third-order valence-corrected chi connectivity index (χ3v) is 6.79. The quantitative estimate of drug-likeness (QED) is 0.387. The second kappa shape index (κ2) is 15.6. The van der Waals surface area contributed by atoms with E-state index in [1.54, 1.807) is 12.3 Å². The summed E-state index contributed by atoms with van der Waals surface area (Å²) in [6, 6.07) is 18.0. The molecule has 1 atom stereocenters. The first-order valence-corrected chi connectivity index (χ1v) is 13.7. The number of amides is 1. The van der Waals surface area contributed by atoms with Gasteiger partial charge in [0.05, 0.1) is 18.4 Å². The zero-order chi connectivity index (χ0) is 28.0. The molecule has 0 bridgehead atoms. The van der Waals surface area contributed by atoms with Gasteiger partial charge in [-0.2, -0.15) is 5.26 Å². The van der Waals surface area contributed by atoms with Crippen LogP contribution in [0.1, 0.15) is 38.7 Å². The lowest BCUT2D eigenvalue weighted by Crippen LogP contribution is -2.42. The highest BCUT2D eigenvalue weighted by Crippen LogP contribution is 2.26. The minimum atomic E-state index is -0.388. The highest BCUT2D eigenvalue weighted by molar-refractivity contribution is 6.30. The summed E-state index contributed by atoms with van der Waals surface area (Å²) in [7, 11) is 0. The normalized spacial score (nSPS) is 16.7. The first-order valence-electron chi connectivity index (χ1n) is 13.4. The summed E-state index contributed by atoms with van der Waals surface area (Å²) in [6.45, 7) is 7.49. The van der Waals surface area contributed by atoms with Crippen molar-refractivity contribution in [1.29, 1.82) is 5.26 Å². The smallest absolute Gasteiger partial charge is 0.225 e. The molecule has 0 radical (unpaired) electrons. The Morgan fingerprint density at radius 1 is 1.03 bits per heavy atom. The number of hydrogen-bond acceptors (Lipinski definition) is 6. The Morgan fingerprint density at radius 3 is 2.33 bits per heavy atom. The second-order valence-electron chi connectivity index (χ2n) is 9.14. The van der Waals surface area contributed by atoms with Gasteiger partial charge in [-0.25, -0.2) is 14.4 Å². The predicted molar refractivity (Wildman–Crippen MR) is 151 cm³/mol. The van der Waals surface area contributed by atoms with Crippen LogP contribution in [-0.2, 0) is 4.79 Å². The van der Waals surface area contributed by atoms with Crippen molar-refractivity contribution in [1.82, 2.24) is 14.9 Å². The van der Waals surface area contributed by atoms with E-state index in [2.05, 4.69) is 20.9 Å². The summed E-state index contributed by atoms with van der Waals surface area (Å²) in [5.74, 6) is 1.41. The molecule has 0 N–H and O–H groups in total. The van der Waals surface area contributed by atoms with Crippen LogP contribution in [0.3, 0.4) is 0 Å². The number of benzene rings is 1. The second-order valence-corrected chi connectivity index (χ2v) is 9.57. The van der Waals surface area contributed by atoms with Gasteiger partial charge >= 0.3 is 0 Å². The Morgan fingerprint density at radius 2 is 1.77 bits per heavy atom. The first-order chi connectivity index (χ1) is 19.0. The molecule has 9 heteroatoms. The largest absolute Gasteiger partial charge is 0.477 e. The average molecular weight is 552 g/mol. The fourth-order valence-corrected chi connectivity index (χ4v) is 4.63. The Balaban J connectivity index is 0.000000401. The van der Waals surface area contributed by atoms with E-state index in [1.807, 2.05) is 55.1 Å². The fraction of sp³-hybridized carbons (Fsp3) is 0.400. The molecule has 2 aromatic heterocycles. The van der Waals surface area contributed by atoms with Crippen molar-refractivity contribution in [3.8, 4) is 11.9 Å². The standard InChI is InChI=1S/C22H24FN5O2.C6H5Cl.C2H6/c23-19-2-4-21(26-13-19)30-15-17-5-8-28(14-17)22(29)18-6-9-27(10-7-18)20-3-1-16(11-24)12-25-20;7-6-4-2-1-3-5-6;1-2/h1-4,12-13,17-18H,5-10,14-15H2;1-5H;1-2H3. The summed E-state index contributed by atoms with van der Waals surface area (Å²) in [5.41, 5.74) is 0.548. The molecule has 2 saturated heterocycles. The number of aromatic nitrogens is 2. The van der Waals surface area contributed by atoms with Crippen molar-refractivity contribution in [3.05, 3.63) is 83.4 Å². The maximum absolute atomic E-state index is 12.9. The van der Waals surface area contributed by atoms with Crippen LogP contribution in [0.2, 0.25) is 5.02 Å². The van der Waals surface area contributed by atoms with E-state index < -0.39 is 0 Å². The van der Waals surface area contributed by atoms with Gasteiger partial charge in [0.15, 0.2) is 0 Å². The molecule has 4 heterocycles. The number of carbonyl (C=O) groups is 1. The van der Waals surface area contributed by atoms with E-state index in [0.29, 0.717) is 24.6 Å². The maximum Gasteiger partial charge on any atom is 0.225 e. The van der Waals surface area contributed by atoms with Crippen LogP contribution in [0.5, 0.6) is 5.88 Å². The summed E-state index contributed by atoms with van der Waals surface area (Å²) in [6.07, 6.45) is 5.23. The number of hydrogen-bond donors (Lipinski definition) is 0. The molecule has 0 aliphatic carbocycles. The zero-order valence-corrected chi connectivity index (χ0v) is 23.2. The molecule has 206 valence electrons. The van der Waals surface area contributed by atoms with Gasteiger partial charge in [-0.1, -0.05) is 43.6 Å². The molecular weight excluding hydrogens is 517 g/mol. The maximum atomic E-state index is 12.9. The third kappa shape index (κ3) is 9.22. The van der Waals surface area contributed by atoms with Crippen molar-refractivity contribution in [2.24, 2.45) is 11.8 Å².